The first-order valence-corrected chi connectivity index (χ1v) is 8.61. The predicted octanol–water partition coefficient (Wildman–Crippen LogP) is 2.38. The highest BCUT2D eigenvalue weighted by atomic mass is 15.4. The van der Waals surface area contributed by atoms with Gasteiger partial charge in [-0.3, -0.25) is 0 Å². The molecule has 4 rings (SSSR count). The van der Waals surface area contributed by atoms with Crippen LogP contribution in [0.5, 0.6) is 0 Å². The minimum Gasteiger partial charge on any atom is -0.239 e. The second kappa shape index (κ2) is 5.55. The van der Waals surface area contributed by atoms with E-state index in [1.165, 1.54) is 6.33 Å². The van der Waals surface area contributed by atoms with E-state index in [9.17, 15) is 0 Å². The number of imidazole rings is 2. The van der Waals surface area contributed by atoms with Crippen LogP contribution >= 0.6 is 0 Å². The highest BCUT2D eigenvalue weighted by Crippen LogP contribution is 2.27. The van der Waals surface area contributed by atoms with Crippen molar-refractivity contribution in [1.82, 2.24) is 39.4 Å². The quantitative estimate of drug-likeness (QED) is 0.564. The van der Waals surface area contributed by atoms with Crippen molar-refractivity contribution >= 4 is 11.3 Å². The molecule has 0 amide bonds. The standard InChI is InChI=1S/C18H22N8/c1-17(2,3)13-9-26-15(21-13)6-12(23-24-26)7-18(4,5)14-10-25-16(22-14)8-19-11-20-25/h6,8-11H,7H2,1-5H3. The molecule has 0 saturated carbocycles. The first-order chi connectivity index (χ1) is 12.2. The lowest BCUT2D eigenvalue weighted by Gasteiger charge is -2.21. The Morgan fingerprint density at radius 2 is 1.65 bits per heavy atom. The van der Waals surface area contributed by atoms with Gasteiger partial charge in [0.2, 0.25) is 0 Å². The molecule has 4 aromatic heterocycles. The second-order valence-corrected chi connectivity index (χ2v) is 8.30. The van der Waals surface area contributed by atoms with E-state index >= 15 is 0 Å². The lowest BCUT2D eigenvalue weighted by Crippen LogP contribution is -2.22. The van der Waals surface area contributed by atoms with Gasteiger partial charge in [0.15, 0.2) is 11.3 Å². The minimum atomic E-state index is -0.222. The molecule has 134 valence electrons. The Morgan fingerprint density at radius 1 is 0.923 bits per heavy atom. The Hall–Kier alpha value is -2.90. The highest BCUT2D eigenvalue weighted by Gasteiger charge is 2.26. The molecule has 0 aliphatic carbocycles. The molecule has 0 fully saturated rings. The molecule has 0 saturated heterocycles. The average Bonchev–Trinajstić information content (AvgIpc) is 3.18. The van der Waals surface area contributed by atoms with Gasteiger partial charge in [-0.1, -0.05) is 39.8 Å². The molecule has 4 heterocycles. The number of aromatic nitrogens is 8. The molecular formula is C18H22N8. The number of fused-ring (bicyclic) bond motifs is 2. The molecule has 0 bridgehead atoms. The average molecular weight is 350 g/mol. The smallest absolute Gasteiger partial charge is 0.172 e. The van der Waals surface area contributed by atoms with Gasteiger partial charge in [0, 0.05) is 23.3 Å². The second-order valence-electron chi connectivity index (χ2n) is 8.30. The number of rotatable bonds is 3. The maximum Gasteiger partial charge on any atom is 0.172 e. The Bertz CT molecular complexity index is 1050. The molecule has 0 unspecified atom stereocenters. The van der Waals surface area contributed by atoms with E-state index in [2.05, 4.69) is 60.0 Å². The monoisotopic (exact) mass is 350 g/mol. The molecule has 0 N–H and O–H groups in total. The first-order valence-electron chi connectivity index (χ1n) is 8.61. The van der Waals surface area contributed by atoms with E-state index in [4.69, 9.17) is 4.98 Å². The largest absolute Gasteiger partial charge is 0.239 e. The van der Waals surface area contributed by atoms with Gasteiger partial charge in [-0.15, -0.1) is 5.10 Å². The van der Waals surface area contributed by atoms with Crippen LogP contribution in [0, 0.1) is 0 Å². The Kier molecular flexibility index (Phi) is 3.54. The molecule has 0 radical (unpaired) electrons. The van der Waals surface area contributed by atoms with Crippen molar-refractivity contribution in [3.05, 3.63) is 48.1 Å². The fourth-order valence-corrected chi connectivity index (χ4v) is 2.91. The maximum atomic E-state index is 4.70. The summed E-state index contributed by atoms with van der Waals surface area (Å²) in [5.74, 6) is 0. The molecule has 0 aromatic carbocycles. The van der Waals surface area contributed by atoms with Crippen LogP contribution in [-0.4, -0.2) is 39.4 Å². The summed E-state index contributed by atoms with van der Waals surface area (Å²) < 4.78 is 3.47. The van der Waals surface area contributed by atoms with Crippen molar-refractivity contribution in [3.8, 4) is 0 Å². The number of hydrogen-bond acceptors (Lipinski definition) is 6. The topological polar surface area (TPSA) is 86.2 Å². The van der Waals surface area contributed by atoms with Crippen LogP contribution in [0.2, 0.25) is 0 Å². The fourth-order valence-electron chi connectivity index (χ4n) is 2.91. The van der Waals surface area contributed by atoms with E-state index in [-0.39, 0.29) is 10.8 Å². The molecule has 4 aromatic rings. The van der Waals surface area contributed by atoms with Gasteiger partial charge >= 0.3 is 0 Å². The number of nitrogens with zero attached hydrogens (tertiary/aromatic N) is 8. The summed E-state index contributed by atoms with van der Waals surface area (Å²) in [5.41, 5.74) is 4.14. The normalized spacial score (nSPS) is 13.0. The predicted molar refractivity (Wildman–Crippen MR) is 97.0 cm³/mol. The number of hydrogen-bond donors (Lipinski definition) is 0. The van der Waals surface area contributed by atoms with Crippen molar-refractivity contribution in [2.24, 2.45) is 0 Å². The van der Waals surface area contributed by atoms with Crippen molar-refractivity contribution in [2.45, 2.75) is 51.9 Å². The third-order valence-electron chi connectivity index (χ3n) is 4.51. The van der Waals surface area contributed by atoms with Crippen LogP contribution in [0.3, 0.4) is 0 Å². The van der Waals surface area contributed by atoms with Crippen molar-refractivity contribution in [1.29, 1.82) is 0 Å². The van der Waals surface area contributed by atoms with Gasteiger partial charge in [-0.2, -0.15) is 5.10 Å². The molecule has 0 aliphatic heterocycles. The maximum absolute atomic E-state index is 4.70. The van der Waals surface area contributed by atoms with Crippen LogP contribution in [0.1, 0.15) is 51.7 Å². The first kappa shape index (κ1) is 16.6. The van der Waals surface area contributed by atoms with Gasteiger partial charge in [-0.25, -0.2) is 24.0 Å². The third kappa shape index (κ3) is 2.91. The summed E-state index contributed by atoms with van der Waals surface area (Å²) in [6, 6.07) is 2.00. The summed E-state index contributed by atoms with van der Waals surface area (Å²) in [4.78, 5) is 13.4. The van der Waals surface area contributed by atoms with Crippen molar-refractivity contribution in [2.75, 3.05) is 0 Å². The highest BCUT2D eigenvalue weighted by molar-refractivity contribution is 5.41. The Morgan fingerprint density at radius 3 is 2.38 bits per heavy atom. The van der Waals surface area contributed by atoms with Crippen molar-refractivity contribution < 1.29 is 0 Å². The molecule has 26 heavy (non-hydrogen) atoms. The zero-order valence-corrected chi connectivity index (χ0v) is 15.7. The van der Waals surface area contributed by atoms with Crippen molar-refractivity contribution in [3.63, 3.8) is 0 Å². The van der Waals surface area contributed by atoms with E-state index in [0.29, 0.717) is 6.42 Å². The molecular weight excluding hydrogens is 328 g/mol. The van der Waals surface area contributed by atoms with Crippen LogP contribution in [-0.2, 0) is 17.3 Å². The Labute approximate surface area is 151 Å². The molecule has 8 nitrogen and oxygen atoms in total. The van der Waals surface area contributed by atoms with E-state index in [0.717, 1.165) is 28.4 Å². The van der Waals surface area contributed by atoms with E-state index in [1.807, 2.05) is 18.5 Å². The molecule has 8 heteroatoms. The van der Waals surface area contributed by atoms with Crippen LogP contribution < -0.4 is 0 Å². The van der Waals surface area contributed by atoms with Gasteiger partial charge in [0.1, 0.15) is 6.33 Å². The van der Waals surface area contributed by atoms with Crippen LogP contribution in [0.15, 0.2) is 31.0 Å². The van der Waals surface area contributed by atoms with E-state index in [1.54, 1.807) is 15.2 Å². The van der Waals surface area contributed by atoms with Gasteiger partial charge < -0.3 is 0 Å². The fraction of sp³-hybridized carbons (Fsp3) is 0.444. The molecule has 0 aliphatic rings. The zero-order chi connectivity index (χ0) is 18.5. The summed E-state index contributed by atoms with van der Waals surface area (Å²) in [7, 11) is 0. The van der Waals surface area contributed by atoms with Gasteiger partial charge in [0.05, 0.1) is 35.7 Å². The van der Waals surface area contributed by atoms with Gasteiger partial charge in [-0.05, 0) is 0 Å². The summed E-state index contributed by atoms with van der Waals surface area (Å²) in [6.07, 6.45) is 7.80. The Balaban J connectivity index is 1.66. The summed E-state index contributed by atoms with van der Waals surface area (Å²) >= 11 is 0. The zero-order valence-electron chi connectivity index (χ0n) is 15.7. The summed E-state index contributed by atoms with van der Waals surface area (Å²) in [5, 5.41) is 12.9. The van der Waals surface area contributed by atoms with E-state index < -0.39 is 0 Å². The van der Waals surface area contributed by atoms with Gasteiger partial charge in [0.25, 0.3) is 0 Å². The lowest BCUT2D eigenvalue weighted by atomic mass is 9.85. The van der Waals surface area contributed by atoms with Crippen LogP contribution in [0.25, 0.3) is 11.3 Å². The summed E-state index contributed by atoms with van der Waals surface area (Å²) in [6.45, 7) is 10.7. The molecule has 0 atom stereocenters. The minimum absolute atomic E-state index is 0.0231. The lowest BCUT2D eigenvalue weighted by molar-refractivity contribution is 0.496. The molecule has 0 spiro atoms. The third-order valence-corrected chi connectivity index (χ3v) is 4.51. The van der Waals surface area contributed by atoms with Crippen LogP contribution in [0.4, 0.5) is 0 Å². The SMILES string of the molecule is CC(C)(C)c1cn2nnc(CC(C)(C)c3cn4ncncc4n3)cc2n1.